The van der Waals surface area contributed by atoms with Gasteiger partial charge in [0.1, 0.15) is 5.82 Å². The minimum Gasteiger partial charge on any atom is -0.341 e. The number of carbonyl (C=O) groups is 1. The molecule has 0 N–H and O–H groups in total. The molecule has 23 heavy (non-hydrogen) atoms. The van der Waals surface area contributed by atoms with Crippen molar-refractivity contribution in [3.8, 4) is 0 Å². The van der Waals surface area contributed by atoms with Crippen molar-refractivity contribution in [1.82, 2.24) is 9.80 Å². The maximum atomic E-state index is 12.9. The predicted octanol–water partition coefficient (Wildman–Crippen LogP) is 3.15. The maximum Gasteiger partial charge on any atom is 0.223 e. The first kappa shape index (κ1) is 16.8. The quantitative estimate of drug-likeness (QED) is 0.772. The molecule has 0 unspecified atom stereocenters. The number of halogens is 1. The SMILES string of the molecule is O=C(CCSCc1ccc(F)cc1)N1CCCN2CCC[C@H]2C1. The Morgan fingerprint density at radius 3 is 2.78 bits per heavy atom. The van der Waals surface area contributed by atoms with Gasteiger partial charge in [0.15, 0.2) is 0 Å². The van der Waals surface area contributed by atoms with Crippen LogP contribution in [0.5, 0.6) is 0 Å². The number of rotatable bonds is 5. The van der Waals surface area contributed by atoms with Crippen LogP contribution in [0.1, 0.15) is 31.2 Å². The molecule has 0 aromatic heterocycles. The first-order valence-electron chi connectivity index (χ1n) is 8.56. The van der Waals surface area contributed by atoms with Gasteiger partial charge in [-0.15, -0.1) is 0 Å². The van der Waals surface area contributed by atoms with Gasteiger partial charge in [0.25, 0.3) is 0 Å². The molecule has 3 rings (SSSR count). The van der Waals surface area contributed by atoms with Crippen LogP contribution in [0.4, 0.5) is 4.39 Å². The summed E-state index contributed by atoms with van der Waals surface area (Å²) in [5.41, 5.74) is 1.11. The standard InChI is InChI=1S/C18H25FN2OS/c19-16-6-4-15(5-7-16)14-23-12-8-18(22)21-11-2-10-20-9-1-3-17(20)13-21/h4-7,17H,1-3,8-14H2/t17-/m0/s1. The van der Waals surface area contributed by atoms with Crippen molar-refractivity contribution in [3.63, 3.8) is 0 Å². The highest BCUT2D eigenvalue weighted by atomic mass is 32.2. The lowest BCUT2D eigenvalue weighted by atomic mass is 10.2. The fraction of sp³-hybridized carbons (Fsp3) is 0.611. The first-order valence-corrected chi connectivity index (χ1v) is 9.72. The summed E-state index contributed by atoms with van der Waals surface area (Å²) in [6, 6.07) is 7.20. The van der Waals surface area contributed by atoms with Crippen LogP contribution in [0.25, 0.3) is 0 Å². The number of benzene rings is 1. The minimum absolute atomic E-state index is 0.198. The lowest BCUT2D eigenvalue weighted by molar-refractivity contribution is -0.131. The summed E-state index contributed by atoms with van der Waals surface area (Å²) in [5.74, 6) is 1.77. The number of hydrogen-bond donors (Lipinski definition) is 0. The second-order valence-corrected chi connectivity index (χ2v) is 7.56. The monoisotopic (exact) mass is 336 g/mol. The van der Waals surface area contributed by atoms with E-state index >= 15 is 0 Å². The van der Waals surface area contributed by atoms with Crippen molar-refractivity contribution in [2.24, 2.45) is 0 Å². The molecule has 2 saturated heterocycles. The van der Waals surface area contributed by atoms with Crippen molar-refractivity contribution < 1.29 is 9.18 Å². The fourth-order valence-corrected chi connectivity index (χ4v) is 4.41. The second kappa shape index (κ2) is 8.15. The summed E-state index contributed by atoms with van der Waals surface area (Å²) < 4.78 is 12.9. The van der Waals surface area contributed by atoms with Crippen molar-refractivity contribution >= 4 is 17.7 Å². The van der Waals surface area contributed by atoms with E-state index in [9.17, 15) is 9.18 Å². The van der Waals surface area contributed by atoms with Gasteiger partial charge < -0.3 is 4.90 Å². The molecule has 1 atom stereocenters. The van der Waals surface area contributed by atoms with Crippen molar-refractivity contribution in [3.05, 3.63) is 35.6 Å². The smallest absolute Gasteiger partial charge is 0.223 e. The highest BCUT2D eigenvalue weighted by molar-refractivity contribution is 7.98. The average molecular weight is 336 g/mol. The predicted molar refractivity (Wildman–Crippen MR) is 93.0 cm³/mol. The van der Waals surface area contributed by atoms with Crippen LogP contribution in [-0.2, 0) is 10.5 Å². The zero-order valence-electron chi connectivity index (χ0n) is 13.5. The third-order valence-electron chi connectivity index (χ3n) is 4.80. The van der Waals surface area contributed by atoms with E-state index in [1.54, 1.807) is 11.8 Å². The second-order valence-electron chi connectivity index (χ2n) is 6.45. The molecule has 0 spiro atoms. The number of thioether (sulfide) groups is 1. The van der Waals surface area contributed by atoms with Crippen LogP contribution in [0.2, 0.25) is 0 Å². The topological polar surface area (TPSA) is 23.6 Å². The lowest BCUT2D eigenvalue weighted by Gasteiger charge is -2.25. The molecule has 1 aromatic carbocycles. The number of amides is 1. The molecular weight excluding hydrogens is 311 g/mol. The van der Waals surface area contributed by atoms with Crippen LogP contribution in [0.15, 0.2) is 24.3 Å². The summed E-state index contributed by atoms with van der Waals surface area (Å²) in [7, 11) is 0. The van der Waals surface area contributed by atoms with E-state index in [4.69, 9.17) is 0 Å². The van der Waals surface area contributed by atoms with Gasteiger partial charge in [0.2, 0.25) is 5.91 Å². The summed E-state index contributed by atoms with van der Waals surface area (Å²) in [5, 5.41) is 0. The van der Waals surface area contributed by atoms with Gasteiger partial charge in [-0.3, -0.25) is 9.69 Å². The summed E-state index contributed by atoms with van der Waals surface area (Å²) in [6.07, 6.45) is 4.23. The molecule has 0 radical (unpaired) electrons. The molecule has 2 aliphatic heterocycles. The third kappa shape index (κ3) is 4.70. The molecule has 1 amide bonds. The van der Waals surface area contributed by atoms with Gasteiger partial charge in [-0.25, -0.2) is 4.39 Å². The molecule has 3 nitrogen and oxygen atoms in total. The van der Waals surface area contributed by atoms with E-state index in [0.29, 0.717) is 18.4 Å². The van der Waals surface area contributed by atoms with Crippen molar-refractivity contribution in [2.75, 3.05) is 31.9 Å². The first-order chi connectivity index (χ1) is 11.2. The Bertz CT molecular complexity index is 522. The van der Waals surface area contributed by atoms with Gasteiger partial charge in [-0.2, -0.15) is 11.8 Å². The van der Waals surface area contributed by atoms with E-state index in [2.05, 4.69) is 9.80 Å². The Morgan fingerprint density at radius 1 is 1.17 bits per heavy atom. The largest absolute Gasteiger partial charge is 0.341 e. The van der Waals surface area contributed by atoms with E-state index < -0.39 is 0 Å². The molecular formula is C18H25FN2OS. The van der Waals surface area contributed by atoms with Crippen LogP contribution >= 0.6 is 11.8 Å². The van der Waals surface area contributed by atoms with Gasteiger partial charge in [0.05, 0.1) is 0 Å². The van der Waals surface area contributed by atoms with Crippen LogP contribution in [0.3, 0.4) is 0 Å². The molecule has 0 saturated carbocycles. The van der Waals surface area contributed by atoms with Gasteiger partial charge in [-0.1, -0.05) is 12.1 Å². The zero-order valence-corrected chi connectivity index (χ0v) is 14.4. The summed E-state index contributed by atoms with van der Waals surface area (Å²) in [6.45, 7) is 4.18. The highest BCUT2D eigenvalue weighted by Gasteiger charge is 2.30. The summed E-state index contributed by atoms with van der Waals surface area (Å²) >= 11 is 1.75. The Labute approximate surface area is 142 Å². The zero-order chi connectivity index (χ0) is 16.1. The molecule has 2 aliphatic rings. The molecule has 1 aromatic rings. The average Bonchev–Trinajstić information content (AvgIpc) is 2.90. The Morgan fingerprint density at radius 2 is 1.96 bits per heavy atom. The van der Waals surface area contributed by atoms with Gasteiger partial charge in [-0.05, 0) is 43.5 Å². The van der Waals surface area contributed by atoms with Crippen LogP contribution in [0, 0.1) is 5.82 Å². The normalized spacial score (nSPS) is 22.0. The maximum absolute atomic E-state index is 12.9. The molecule has 2 fully saturated rings. The number of carbonyl (C=O) groups excluding carboxylic acids is 1. The minimum atomic E-state index is -0.198. The van der Waals surface area contributed by atoms with Gasteiger partial charge >= 0.3 is 0 Å². The highest BCUT2D eigenvalue weighted by Crippen LogP contribution is 2.22. The van der Waals surface area contributed by atoms with Crippen LogP contribution < -0.4 is 0 Å². The fourth-order valence-electron chi connectivity index (χ4n) is 3.52. The third-order valence-corrected chi connectivity index (χ3v) is 5.83. The number of hydrogen-bond acceptors (Lipinski definition) is 3. The van der Waals surface area contributed by atoms with E-state index in [0.717, 1.165) is 43.1 Å². The summed E-state index contributed by atoms with van der Waals surface area (Å²) in [4.78, 5) is 17.1. The van der Waals surface area contributed by atoms with Gasteiger partial charge in [0, 0.05) is 43.6 Å². The Kier molecular flexibility index (Phi) is 5.95. The van der Waals surface area contributed by atoms with Crippen molar-refractivity contribution in [2.45, 2.75) is 37.5 Å². The van der Waals surface area contributed by atoms with E-state index in [1.165, 1.54) is 31.5 Å². The lowest BCUT2D eigenvalue weighted by Crippen LogP contribution is -2.39. The number of fused-ring (bicyclic) bond motifs is 1. The molecule has 0 bridgehead atoms. The Balaban J connectivity index is 1.39. The molecule has 0 aliphatic carbocycles. The molecule has 2 heterocycles. The molecule has 5 heteroatoms. The van der Waals surface area contributed by atoms with E-state index in [1.807, 2.05) is 12.1 Å². The number of nitrogens with zero attached hydrogens (tertiary/aromatic N) is 2. The van der Waals surface area contributed by atoms with E-state index in [-0.39, 0.29) is 5.82 Å². The molecule has 126 valence electrons. The van der Waals surface area contributed by atoms with Crippen LogP contribution in [-0.4, -0.2) is 53.7 Å². The van der Waals surface area contributed by atoms with Crippen molar-refractivity contribution in [1.29, 1.82) is 0 Å². The Hall–Kier alpha value is -1.07.